The molecule has 150 valence electrons. The highest BCUT2D eigenvalue weighted by molar-refractivity contribution is 5.95. The maximum atomic E-state index is 15.4. The van der Waals surface area contributed by atoms with Crippen LogP contribution in [0.2, 0.25) is 0 Å². The van der Waals surface area contributed by atoms with E-state index in [1.807, 2.05) is 11.8 Å². The maximum Gasteiger partial charge on any atom is 0.341 e. The molecule has 3 N–H and O–H groups in total. The smallest absolute Gasteiger partial charge is 0.341 e. The van der Waals surface area contributed by atoms with Crippen LogP contribution in [0, 0.1) is 17.2 Å². The third kappa shape index (κ3) is 2.71. The number of nitrogens with zero attached hydrogens (tertiary/aromatic N) is 1. The van der Waals surface area contributed by atoms with Gasteiger partial charge in [-0.25, -0.2) is 9.18 Å². The Morgan fingerprint density at radius 2 is 2.04 bits per heavy atom. The second-order valence-electron chi connectivity index (χ2n) is 9.15. The number of aliphatic hydroxyl groups is 1. The molecule has 1 unspecified atom stereocenters. The molecule has 2 aromatic rings. The number of nitrogens with one attached hydrogen (secondary N) is 1. The predicted octanol–water partition coefficient (Wildman–Crippen LogP) is 2.87. The van der Waals surface area contributed by atoms with Crippen molar-refractivity contribution in [1.82, 2.24) is 4.98 Å². The van der Waals surface area contributed by atoms with Gasteiger partial charge in [-0.3, -0.25) is 4.79 Å². The fourth-order valence-electron chi connectivity index (χ4n) is 4.49. The monoisotopic (exact) mass is 388 g/mol. The van der Waals surface area contributed by atoms with Gasteiger partial charge in [0.25, 0.3) is 0 Å². The molecule has 1 saturated carbocycles. The third-order valence-electron chi connectivity index (χ3n) is 6.62. The van der Waals surface area contributed by atoms with Crippen molar-refractivity contribution < 1.29 is 19.4 Å². The number of halogens is 1. The standard InChI is InChI=1S/C21H25FN2O4/c1-20(2)10-24(8-11(20)9-25)17-14(22)6-12-16(15(17)21(3)4-5-21)23-7-13(18(12)26)19(27)28/h6-7,11,25H,4-5,8-10H2,1-3H3,(H,23,26)(H,27,28). The van der Waals surface area contributed by atoms with E-state index in [1.165, 1.54) is 6.20 Å². The van der Waals surface area contributed by atoms with E-state index in [0.717, 1.165) is 24.5 Å². The molecule has 6 nitrogen and oxygen atoms in total. The first-order chi connectivity index (χ1) is 13.1. The van der Waals surface area contributed by atoms with Gasteiger partial charge in [-0.05, 0) is 29.7 Å². The highest BCUT2D eigenvalue weighted by atomic mass is 19.1. The number of aromatic nitrogens is 1. The van der Waals surface area contributed by atoms with Crippen LogP contribution >= 0.6 is 0 Å². The summed E-state index contributed by atoms with van der Waals surface area (Å²) in [6.45, 7) is 7.33. The van der Waals surface area contributed by atoms with Crippen LogP contribution in [0.5, 0.6) is 0 Å². The minimum absolute atomic E-state index is 0.0240. The molecule has 0 amide bonds. The van der Waals surface area contributed by atoms with Crippen molar-refractivity contribution in [3.63, 3.8) is 0 Å². The van der Waals surface area contributed by atoms with Gasteiger partial charge in [0.1, 0.15) is 11.4 Å². The van der Waals surface area contributed by atoms with Gasteiger partial charge in [0, 0.05) is 42.8 Å². The number of aromatic amines is 1. The highest BCUT2D eigenvalue weighted by Crippen LogP contribution is 2.54. The fraction of sp³-hybridized carbons (Fsp3) is 0.524. The number of aromatic carboxylic acids is 1. The SMILES string of the molecule is CC1(c2c(N3CC(CO)C(C)(C)C3)c(F)cc3c(=O)c(C(=O)O)c[nH]c23)CC1. The quantitative estimate of drug-likeness (QED) is 0.749. The van der Waals surface area contributed by atoms with Crippen LogP contribution in [0.25, 0.3) is 10.9 Å². The molecule has 7 heteroatoms. The molecule has 2 aliphatic rings. The Kier molecular flexibility index (Phi) is 4.08. The molecular weight excluding hydrogens is 363 g/mol. The molecule has 0 bridgehead atoms. The molecule has 4 rings (SSSR count). The van der Waals surface area contributed by atoms with Crippen molar-refractivity contribution in [2.45, 2.75) is 39.0 Å². The van der Waals surface area contributed by atoms with Crippen molar-refractivity contribution in [3.8, 4) is 0 Å². The minimum Gasteiger partial charge on any atom is -0.477 e. The number of hydrogen-bond donors (Lipinski definition) is 3. The topological polar surface area (TPSA) is 93.6 Å². The van der Waals surface area contributed by atoms with Crippen LogP contribution in [0.15, 0.2) is 17.1 Å². The van der Waals surface area contributed by atoms with E-state index in [2.05, 4.69) is 18.8 Å². The van der Waals surface area contributed by atoms with E-state index >= 15 is 4.39 Å². The Balaban J connectivity index is 1.98. The van der Waals surface area contributed by atoms with Crippen molar-refractivity contribution in [2.75, 3.05) is 24.6 Å². The molecule has 0 spiro atoms. The number of anilines is 1. The Hall–Kier alpha value is -2.41. The number of rotatable bonds is 4. The zero-order valence-electron chi connectivity index (χ0n) is 16.3. The molecule has 2 heterocycles. The van der Waals surface area contributed by atoms with E-state index < -0.39 is 22.8 Å². The fourth-order valence-corrected chi connectivity index (χ4v) is 4.49. The summed E-state index contributed by atoms with van der Waals surface area (Å²) in [4.78, 5) is 28.9. The molecule has 1 aromatic carbocycles. The summed E-state index contributed by atoms with van der Waals surface area (Å²) in [7, 11) is 0. The zero-order chi connectivity index (χ0) is 20.4. The summed E-state index contributed by atoms with van der Waals surface area (Å²) < 4.78 is 15.4. The van der Waals surface area contributed by atoms with E-state index in [1.54, 1.807) is 0 Å². The summed E-state index contributed by atoms with van der Waals surface area (Å²) in [5.41, 5.74) is 0.225. The summed E-state index contributed by atoms with van der Waals surface area (Å²) in [5, 5.41) is 19.0. The van der Waals surface area contributed by atoms with E-state index in [-0.39, 0.29) is 28.7 Å². The highest BCUT2D eigenvalue weighted by Gasteiger charge is 2.47. The second-order valence-corrected chi connectivity index (χ2v) is 9.15. The largest absolute Gasteiger partial charge is 0.477 e. The van der Waals surface area contributed by atoms with Crippen molar-refractivity contribution >= 4 is 22.6 Å². The lowest BCUT2D eigenvalue weighted by Crippen LogP contribution is -2.27. The average molecular weight is 388 g/mol. The third-order valence-corrected chi connectivity index (χ3v) is 6.62. The Bertz CT molecular complexity index is 1040. The van der Waals surface area contributed by atoms with Crippen molar-refractivity contribution in [3.05, 3.63) is 39.4 Å². The van der Waals surface area contributed by atoms with Gasteiger partial charge >= 0.3 is 5.97 Å². The van der Waals surface area contributed by atoms with Gasteiger partial charge in [-0.15, -0.1) is 0 Å². The van der Waals surface area contributed by atoms with Crippen LogP contribution in [-0.4, -0.2) is 40.9 Å². The van der Waals surface area contributed by atoms with Gasteiger partial charge in [0.2, 0.25) is 5.43 Å². The van der Waals surface area contributed by atoms with E-state index in [4.69, 9.17) is 0 Å². The predicted molar refractivity (Wildman–Crippen MR) is 105 cm³/mol. The van der Waals surface area contributed by atoms with Gasteiger partial charge < -0.3 is 20.1 Å². The molecule has 1 aromatic heterocycles. The Morgan fingerprint density at radius 3 is 2.57 bits per heavy atom. The van der Waals surface area contributed by atoms with Crippen LogP contribution in [0.3, 0.4) is 0 Å². The normalized spacial score (nSPS) is 22.6. The van der Waals surface area contributed by atoms with Gasteiger partial charge in [-0.1, -0.05) is 20.8 Å². The maximum absolute atomic E-state index is 15.4. The summed E-state index contributed by atoms with van der Waals surface area (Å²) in [6, 6.07) is 1.16. The first-order valence-electron chi connectivity index (χ1n) is 9.56. The second kappa shape index (κ2) is 6.04. The lowest BCUT2D eigenvalue weighted by Gasteiger charge is -2.28. The van der Waals surface area contributed by atoms with E-state index in [9.17, 15) is 19.8 Å². The number of carboxylic acids is 1. The zero-order valence-corrected chi connectivity index (χ0v) is 16.3. The van der Waals surface area contributed by atoms with Crippen LogP contribution in [-0.2, 0) is 5.41 Å². The lowest BCUT2D eigenvalue weighted by molar-refractivity contribution is 0.0695. The molecule has 1 aliphatic heterocycles. The molecule has 1 saturated heterocycles. The first kappa shape index (κ1) is 18.9. The summed E-state index contributed by atoms with van der Waals surface area (Å²) >= 11 is 0. The number of benzene rings is 1. The van der Waals surface area contributed by atoms with Crippen LogP contribution in [0.1, 0.15) is 49.5 Å². The first-order valence-corrected chi connectivity index (χ1v) is 9.56. The number of aliphatic hydroxyl groups excluding tert-OH is 1. The number of pyridine rings is 1. The number of hydrogen-bond acceptors (Lipinski definition) is 4. The summed E-state index contributed by atoms with van der Waals surface area (Å²) in [5.74, 6) is -1.83. The minimum atomic E-state index is -1.33. The van der Waals surface area contributed by atoms with Gasteiger partial charge in [0.05, 0.1) is 11.2 Å². The Labute approximate surface area is 162 Å². The van der Waals surface area contributed by atoms with Crippen LogP contribution in [0.4, 0.5) is 10.1 Å². The number of H-pyrrole nitrogens is 1. The molecule has 2 fully saturated rings. The van der Waals surface area contributed by atoms with Gasteiger partial charge in [0.15, 0.2) is 0 Å². The molecule has 0 radical (unpaired) electrons. The molecule has 28 heavy (non-hydrogen) atoms. The number of carboxylic acid groups (broad SMARTS) is 1. The Morgan fingerprint density at radius 1 is 1.36 bits per heavy atom. The molecular formula is C21H25FN2O4. The van der Waals surface area contributed by atoms with Gasteiger partial charge in [-0.2, -0.15) is 0 Å². The number of fused-ring (bicyclic) bond motifs is 1. The van der Waals surface area contributed by atoms with E-state index in [0.29, 0.717) is 24.3 Å². The summed E-state index contributed by atoms with van der Waals surface area (Å²) in [6.07, 6.45) is 2.96. The molecule has 1 atom stereocenters. The van der Waals surface area contributed by atoms with Crippen LogP contribution < -0.4 is 10.3 Å². The number of carbonyl (C=O) groups is 1. The van der Waals surface area contributed by atoms with Crippen molar-refractivity contribution in [2.24, 2.45) is 11.3 Å². The average Bonchev–Trinajstić information content (AvgIpc) is 3.28. The van der Waals surface area contributed by atoms with Crippen molar-refractivity contribution in [1.29, 1.82) is 0 Å². The lowest BCUT2D eigenvalue weighted by atomic mass is 9.83. The molecule has 1 aliphatic carbocycles.